The molecule has 0 spiro atoms. The highest BCUT2D eigenvalue weighted by atomic mass is 79.9. The number of hydrogen-bond acceptors (Lipinski definition) is 2. The van der Waals surface area contributed by atoms with Gasteiger partial charge >= 0.3 is 0 Å². The molecule has 3 nitrogen and oxygen atoms in total. The SMILES string of the molecule is CC(C)n1nnc(Br)c1CC(C)(C)C. The molecule has 0 saturated carbocycles. The molecular formula is C10H18BrN3. The lowest BCUT2D eigenvalue weighted by molar-refractivity contribution is 0.382. The van der Waals surface area contributed by atoms with Gasteiger partial charge in [-0.1, -0.05) is 26.0 Å². The average Bonchev–Trinajstić information content (AvgIpc) is 2.29. The molecule has 0 aliphatic heterocycles. The van der Waals surface area contributed by atoms with E-state index in [0.717, 1.165) is 11.0 Å². The van der Waals surface area contributed by atoms with Crippen molar-refractivity contribution in [3.63, 3.8) is 0 Å². The van der Waals surface area contributed by atoms with Crippen molar-refractivity contribution in [2.75, 3.05) is 0 Å². The molecule has 0 fully saturated rings. The Balaban J connectivity index is 3.00. The Morgan fingerprint density at radius 3 is 2.36 bits per heavy atom. The van der Waals surface area contributed by atoms with Gasteiger partial charge in [0.15, 0.2) is 4.60 Å². The van der Waals surface area contributed by atoms with E-state index >= 15 is 0 Å². The molecule has 1 aromatic heterocycles. The van der Waals surface area contributed by atoms with Crippen LogP contribution in [0.25, 0.3) is 0 Å². The molecule has 0 atom stereocenters. The van der Waals surface area contributed by atoms with Crippen LogP contribution in [0, 0.1) is 5.41 Å². The molecule has 80 valence electrons. The predicted molar refractivity (Wildman–Crippen MR) is 61.3 cm³/mol. The van der Waals surface area contributed by atoms with Gasteiger partial charge in [0.2, 0.25) is 0 Å². The summed E-state index contributed by atoms with van der Waals surface area (Å²) in [5, 5.41) is 8.17. The zero-order chi connectivity index (χ0) is 10.9. The fourth-order valence-corrected chi connectivity index (χ4v) is 1.76. The molecule has 14 heavy (non-hydrogen) atoms. The van der Waals surface area contributed by atoms with E-state index < -0.39 is 0 Å². The van der Waals surface area contributed by atoms with Gasteiger partial charge in [0.1, 0.15) is 0 Å². The zero-order valence-corrected chi connectivity index (χ0v) is 11.1. The van der Waals surface area contributed by atoms with Crippen molar-refractivity contribution in [3.8, 4) is 0 Å². The Kier molecular flexibility index (Phi) is 3.35. The third kappa shape index (κ3) is 2.80. The van der Waals surface area contributed by atoms with Gasteiger partial charge < -0.3 is 0 Å². The molecule has 0 aromatic carbocycles. The summed E-state index contributed by atoms with van der Waals surface area (Å²) >= 11 is 3.44. The summed E-state index contributed by atoms with van der Waals surface area (Å²) in [5.41, 5.74) is 1.45. The second kappa shape index (κ2) is 4.01. The minimum Gasteiger partial charge on any atom is -0.246 e. The normalized spacial score (nSPS) is 12.5. The summed E-state index contributed by atoms with van der Waals surface area (Å²) in [6.45, 7) is 10.9. The number of hydrogen-bond donors (Lipinski definition) is 0. The monoisotopic (exact) mass is 259 g/mol. The van der Waals surface area contributed by atoms with E-state index in [1.165, 1.54) is 5.69 Å². The van der Waals surface area contributed by atoms with Crippen molar-refractivity contribution in [1.82, 2.24) is 15.0 Å². The van der Waals surface area contributed by atoms with Crippen molar-refractivity contribution in [1.29, 1.82) is 0 Å². The molecule has 0 aliphatic carbocycles. The Labute approximate surface area is 94.0 Å². The van der Waals surface area contributed by atoms with Crippen LogP contribution in [0.2, 0.25) is 0 Å². The fraction of sp³-hybridized carbons (Fsp3) is 0.800. The third-order valence-electron chi connectivity index (χ3n) is 1.93. The largest absolute Gasteiger partial charge is 0.246 e. The third-order valence-corrected chi connectivity index (χ3v) is 2.55. The Hall–Kier alpha value is -0.380. The highest BCUT2D eigenvalue weighted by Crippen LogP contribution is 2.26. The summed E-state index contributed by atoms with van der Waals surface area (Å²) in [6.07, 6.45) is 0.985. The molecule has 0 saturated heterocycles. The van der Waals surface area contributed by atoms with E-state index in [4.69, 9.17) is 0 Å². The first-order valence-corrected chi connectivity index (χ1v) is 5.70. The minimum atomic E-state index is 0.261. The van der Waals surface area contributed by atoms with Gasteiger partial charge in [-0.2, -0.15) is 0 Å². The second-order valence-electron chi connectivity index (χ2n) is 5.10. The first-order chi connectivity index (χ1) is 6.31. The van der Waals surface area contributed by atoms with Gasteiger partial charge in [-0.15, -0.1) is 5.10 Å². The number of halogens is 1. The topological polar surface area (TPSA) is 30.7 Å². The standard InChI is InChI=1S/C10H18BrN3/c1-7(2)14-8(6-10(3,4)5)9(11)12-13-14/h7H,6H2,1-5H3. The van der Waals surface area contributed by atoms with Gasteiger partial charge in [0, 0.05) is 6.04 Å². The minimum absolute atomic E-state index is 0.261. The number of nitrogens with zero attached hydrogens (tertiary/aromatic N) is 3. The summed E-state index contributed by atoms with van der Waals surface area (Å²) in [5.74, 6) is 0. The van der Waals surface area contributed by atoms with Gasteiger partial charge in [-0.25, -0.2) is 4.68 Å². The van der Waals surface area contributed by atoms with Crippen LogP contribution < -0.4 is 0 Å². The molecule has 1 aromatic rings. The first-order valence-electron chi connectivity index (χ1n) is 4.91. The van der Waals surface area contributed by atoms with Crippen LogP contribution >= 0.6 is 15.9 Å². The summed E-state index contributed by atoms with van der Waals surface area (Å²) < 4.78 is 2.86. The molecule has 0 radical (unpaired) electrons. The molecule has 0 aliphatic rings. The molecule has 1 rings (SSSR count). The van der Waals surface area contributed by atoms with Crippen molar-refractivity contribution < 1.29 is 0 Å². The molecule has 0 bridgehead atoms. The Bertz CT molecular complexity index is 310. The molecule has 0 unspecified atom stereocenters. The highest BCUT2D eigenvalue weighted by Gasteiger charge is 2.19. The highest BCUT2D eigenvalue weighted by molar-refractivity contribution is 9.10. The molecule has 1 heterocycles. The van der Waals surface area contributed by atoms with Crippen molar-refractivity contribution >= 4 is 15.9 Å². The van der Waals surface area contributed by atoms with Crippen LogP contribution in [0.5, 0.6) is 0 Å². The molecular weight excluding hydrogens is 242 g/mol. The van der Waals surface area contributed by atoms with E-state index in [9.17, 15) is 0 Å². The summed E-state index contributed by atoms with van der Waals surface area (Å²) in [6, 6.07) is 0.367. The lowest BCUT2D eigenvalue weighted by Crippen LogP contribution is -2.15. The van der Waals surface area contributed by atoms with Crippen molar-refractivity contribution in [3.05, 3.63) is 10.3 Å². The van der Waals surface area contributed by atoms with E-state index in [0.29, 0.717) is 6.04 Å². The van der Waals surface area contributed by atoms with Crippen molar-refractivity contribution in [2.24, 2.45) is 5.41 Å². The van der Waals surface area contributed by atoms with Crippen LogP contribution in [0.4, 0.5) is 0 Å². The van der Waals surface area contributed by atoms with Crippen molar-refractivity contribution in [2.45, 2.75) is 47.1 Å². The summed E-state index contributed by atoms with van der Waals surface area (Å²) in [4.78, 5) is 0. The molecule has 4 heteroatoms. The van der Waals surface area contributed by atoms with Crippen LogP contribution in [0.15, 0.2) is 4.60 Å². The Morgan fingerprint density at radius 2 is 1.93 bits per heavy atom. The summed E-state index contributed by atoms with van der Waals surface area (Å²) in [7, 11) is 0. The maximum Gasteiger partial charge on any atom is 0.151 e. The number of aromatic nitrogens is 3. The predicted octanol–water partition coefficient (Wildman–Crippen LogP) is 3.21. The van der Waals surface area contributed by atoms with Gasteiger partial charge in [-0.05, 0) is 41.6 Å². The van der Waals surface area contributed by atoms with Crippen LogP contribution in [-0.2, 0) is 6.42 Å². The quantitative estimate of drug-likeness (QED) is 0.817. The van der Waals surface area contributed by atoms with E-state index in [-0.39, 0.29) is 5.41 Å². The maximum absolute atomic E-state index is 4.12. The maximum atomic E-state index is 4.12. The van der Waals surface area contributed by atoms with E-state index in [1.54, 1.807) is 0 Å². The van der Waals surface area contributed by atoms with Gasteiger partial charge in [0.05, 0.1) is 5.69 Å². The zero-order valence-electron chi connectivity index (χ0n) is 9.50. The smallest absolute Gasteiger partial charge is 0.151 e. The van der Waals surface area contributed by atoms with Crippen LogP contribution in [0.3, 0.4) is 0 Å². The number of rotatable bonds is 2. The van der Waals surface area contributed by atoms with Crippen LogP contribution in [-0.4, -0.2) is 15.0 Å². The average molecular weight is 260 g/mol. The Morgan fingerprint density at radius 1 is 1.36 bits per heavy atom. The van der Waals surface area contributed by atoms with Gasteiger partial charge in [-0.3, -0.25) is 0 Å². The van der Waals surface area contributed by atoms with E-state index in [1.807, 2.05) is 4.68 Å². The fourth-order valence-electron chi connectivity index (χ4n) is 1.36. The van der Waals surface area contributed by atoms with Crippen LogP contribution in [0.1, 0.15) is 46.4 Å². The lowest BCUT2D eigenvalue weighted by Gasteiger charge is -2.19. The first kappa shape index (κ1) is 11.7. The van der Waals surface area contributed by atoms with Gasteiger partial charge in [0.25, 0.3) is 0 Å². The van der Waals surface area contributed by atoms with E-state index in [2.05, 4.69) is 60.9 Å². The molecule has 0 N–H and O–H groups in total. The molecule has 0 amide bonds. The second-order valence-corrected chi connectivity index (χ2v) is 5.85. The lowest BCUT2D eigenvalue weighted by atomic mass is 9.91.